The number of imide groups is 1. The number of carbonyl (C=O) groups is 2. The SMILES string of the molecule is Cc1cc2c(cc1-c1c(CC3SC(=O)NC3=O)cccc1C(F)(F)F)C(C)(C)CCC2(C)C. The molecule has 2 aliphatic rings. The molecule has 0 bridgehead atoms. The topological polar surface area (TPSA) is 46.2 Å². The van der Waals surface area contributed by atoms with Gasteiger partial charge in [-0.3, -0.25) is 14.9 Å². The second-order valence-corrected chi connectivity index (χ2v) is 11.6. The maximum absolute atomic E-state index is 14.2. The zero-order valence-corrected chi connectivity index (χ0v) is 20.3. The highest BCUT2D eigenvalue weighted by Gasteiger charge is 2.40. The van der Waals surface area contributed by atoms with Crippen LogP contribution in [0.1, 0.15) is 68.4 Å². The predicted molar refractivity (Wildman–Crippen MR) is 126 cm³/mol. The first-order valence-electron chi connectivity index (χ1n) is 11.1. The molecule has 1 fully saturated rings. The number of carbonyl (C=O) groups excluding carboxylic acids is 2. The summed E-state index contributed by atoms with van der Waals surface area (Å²) in [7, 11) is 0. The number of halogens is 3. The van der Waals surface area contributed by atoms with Crippen LogP contribution in [0.2, 0.25) is 0 Å². The van der Waals surface area contributed by atoms with Crippen LogP contribution in [-0.4, -0.2) is 16.4 Å². The summed E-state index contributed by atoms with van der Waals surface area (Å²) in [4.78, 5) is 23.8. The van der Waals surface area contributed by atoms with Crippen molar-refractivity contribution in [2.75, 3.05) is 0 Å². The van der Waals surface area contributed by atoms with Gasteiger partial charge in [0.25, 0.3) is 5.24 Å². The Morgan fingerprint density at radius 3 is 2.18 bits per heavy atom. The summed E-state index contributed by atoms with van der Waals surface area (Å²) in [5.41, 5.74) is 3.17. The van der Waals surface area contributed by atoms with Gasteiger partial charge in [0, 0.05) is 0 Å². The number of aryl methyl sites for hydroxylation is 1. The monoisotopic (exact) mass is 475 g/mol. The van der Waals surface area contributed by atoms with E-state index in [1.54, 1.807) is 6.07 Å². The van der Waals surface area contributed by atoms with Crippen molar-refractivity contribution >= 4 is 22.9 Å². The zero-order chi connectivity index (χ0) is 24.3. The molecule has 4 rings (SSSR count). The van der Waals surface area contributed by atoms with Gasteiger partial charge in [-0.25, -0.2) is 0 Å². The van der Waals surface area contributed by atoms with Crippen LogP contribution in [0.5, 0.6) is 0 Å². The Bertz CT molecular complexity index is 1150. The molecule has 0 radical (unpaired) electrons. The third kappa shape index (κ3) is 4.32. The van der Waals surface area contributed by atoms with E-state index >= 15 is 0 Å². The molecule has 7 heteroatoms. The van der Waals surface area contributed by atoms with Crippen molar-refractivity contribution in [3.05, 3.63) is 58.1 Å². The number of rotatable bonds is 3. The molecule has 1 atom stereocenters. The largest absolute Gasteiger partial charge is 0.417 e. The molecule has 2 aromatic rings. The van der Waals surface area contributed by atoms with E-state index in [2.05, 4.69) is 33.0 Å². The third-order valence-corrected chi connectivity index (χ3v) is 8.08. The minimum absolute atomic E-state index is 0.0485. The van der Waals surface area contributed by atoms with Crippen molar-refractivity contribution in [1.82, 2.24) is 5.32 Å². The molecule has 1 aliphatic carbocycles. The Balaban J connectivity index is 1.95. The number of amides is 2. The van der Waals surface area contributed by atoms with Gasteiger partial charge < -0.3 is 0 Å². The van der Waals surface area contributed by atoms with Gasteiger partial charge in [0.2, 0.25) is 5.91 Å². The Labute approximate surface area is 196 Å². The van der Waals surface area contributed by atoms with Crippen LogP contribution in [0, 0.1) is 6.92 Å². The molecule has 1 unspecified atom stereocenters. The standard InChI is InChI=1S/C26H28F3NO2S/c1-14-11-18-19(25(4,5)10-9-24(18,2)3)13-16(14)21-15(7-6-8-17(21)26(27,28)29)12-20-22(31)30-23(32)33-20/h6-8,11,13,20H,9-10,12H2,1-5H3,(H,30,31,32). The summed E-state index contributed by atoms with van der Waals surface area (Å²) in [5, 5.41) is 1.02. The predicted octanol–water partition coefficient (Wildman–Crippen LogP) is 6.92. The van der Waals surface area contributed by atoms with Crippen molar-refractivity contribution in [1.29, 1.82) is 0 Å². The van der Waals surface area contributed by atoms with E-state index in [1.807, 2.05) is 19.1 Å². The van der Waals surface area contributed by atoms with Gasteiger partial charge in [0.15, 0.2) is 0 Å². The van der Waals surface area contributed by atoms with Gasteiger partial charge in [0.05, 0.1) is 10.8 Å². The quantitative estimate of drug-likeness (QED) is 0.524. The minimum Gasteiger partial charge on any atom is -0.286 e. The number of hydrogen-bond acceptors (Lipinski definition) is 3. The molecule has 0 spiro atoms. The van der Waals surface area contributed by atoms with Crippen LogP contribution in [0.3, 0.4) is 0 Å². The molecule has 33 heavy (non-hydrogen) atoms. The molecule has 1 saturated heterocycles. The normalized spacial score (nSPS) is 21.6. The van der Waals surface area contributed by atoms with Crippen molar-refractivity contribution in [2.24, 2.45) is 0 Å². The van der Waals surface area contributed by atoms with Crippen LogP contribution in [0.15, 0.2) is 30.3 Å². The highest BCUT2D eigenvalue weighted by atomic mass is 32.2. The van der Waals surface area contributed by atoms with E-state index in [0.29, 0.717) is 11.1 Å². The molecule has 1 aliphatic heterocycles. The first-order valence-corrected chi connectivity index (χ1v) is 12.0. The molecule has 176 valence electrons. The molecule has 3 nitrogen and oxygen atoms in total. The summed E-state index contributed by atoms with van der Waals surface area (Å²) >= 11 is 0.831. The van der Waals surface area contributed by atoms with Gasteiger partial charge in [0.1, 0.15) is 0 Å². The number of benzene rings is 2. The summed E-state index contributed by atoms with van der Waals surface area (Å²) in [6.45, 7) is 10.5. The first kappa shape index (κ1) is 23.9. The van der Waals surface area contributed by atoms with Gasteiger partial charge in [-0.2, -0.15) is 13.2 Å². The Kier molecular flexibility index (Phi) is 5.71. The van der Waals surface area contributed by atoms with E-state index in [1.165, 1.54) is 11.6 Å². The van der Waals surface area contributed by atoms with Crippen molar-refractivity contribution in [2.45, 2.75) is 76.1 Å². The summed E-state index contributed by atoms with van der Waals surface area (Å²) in [6.07, 6.45) is -2.54. The molecular formula is C26H28F3NO2S. The van der Waals surface area contributed by atoms with E-state index in [4.69, 9.17) is 0 Å². The number of fused-ring (bicyclic) bond motifs is 1. The highest BCUT2D eigenvalue weighted by Crippen LogP contribution is 2.49. The molecule has 0 aromatic heterocycles. The second-order valence-electron chi connectivity index (χ2n) is 10.4. The maximum Gasteiger partial charge on any atom is 0.417 e. The molecular weight excluding hydrogens is 447 g/mol. The van der Waals surface area contributed by atoms with Crippen LogP contribution in [0.25, 0.3) is 11.1 Å². The lowest BCUT2D eigenvalue weighted by Gasteiger charge is -2.42. The fourth-order valence-corrected chi connectivity index (χ4v) is 5.89. The number of nitrogens with one attached hydrogen (secondary N) is 1. The van der Waals surface area contributed by atoms with Gasteiger partial charge >= 0.3 is 6.18 Å². The van der Waals surface area contributed by atoms with Crippen LogP contribution >= 0.6 is 11.8 Å². The van der Waals surface area contributed by atoms with Gasteiger partial charge in [-0.15, -0.1) is 0 Å². The fourth-order valence-electron chi connectivity index (χ4n) is 5.04. The molecule has 2 aromatic carbocycles. The van der Waals surface area contributed by atoms with E-state index in [-0.39, 0.29) is 22.8 Å². The number of hydrogen-bond donors (Lipinski definition) is 1. The average Bonchev–Trinajstić information content (AvgIpc) is 3.01. The summed E-state index contributed by atoms with van der Waals surface area (Å²) < 4.78 is 42.5. The molecule has 0 saturated carbocycles. The lowest BCUT2D eigenvalue weighted by molar-refractivity contribution is -0.137. The minimum atomic E-state index is -4.55. The Morgan fingerprint density at radius 1 is 1.03 bits per heavy atom. The lowest BCUT2D eigenvalue weighted by Crippen LogP contribution is -2.34. The number of thioether (sulfide) groups is 1. The van der Waals surface area contributed by atoms with E-state index in [9.17, 15) is 22.8 Å². The van der Waals surface area contributed by atoms with Gasteiger partial charge in [-0.1, -0.05) is 63.7 Å². The summed E-state index contributed by atoms with van der Waals surface area (Å²) in [5.74, 6) is -0.460. The van der Waals surface area contributed by atoms with Crippen LogP contribution < -0.4 is 5.32 Å². The Morgan fingerprint density at radius 2 is 1.64 bits per heavy atom. The van der Waals surface area contributed by atoms with Crippen molar-refractivity contribution in [3.8, 4) is 11.1 Å². The fraction of sp³-hybridized carbons (Fsp3) is 0.462. The van der Waals surface area contributed by atoms with Crippen molar-refractivity contribution < 1.29 is 22.8 Å². The third-order valence-electron chi connectivity index (χ3n) is 7.10. The highest BCUT2D eigenvalue weighted by molar-refractivity contribution is 8.15. The smallest absolute Gasteiger partial charge is 0.286 e. The van der Waals surface area contributed by atoms with Crippen molar-refractivity contribution in [3.63, 3.8) is 0 Å². The zero-order valence-electron chi connectivity index (χ0n) is 19.4. The molecule has 2 amide bonds. The number of alkyl halides is 3. The first-order chi connectivity index (χ1) is 15.2. The van der Waals surface area contributed by atoms with Crippen LogP contribution in [-0.2, 0) is 28.2 Å². The van der Waals surface area contributed by atoms with Gasteiger partial charge in [-0.05, 0) is 76.5 Å². The molecule has 1 N–H and O–H groups in total. The lowest BCUT2D eigenvalue weighted by atomic mass is 9.62. The summed E-state index contributed by atoms with van der Waals surface area (Å²) in [6, 6.07) is 8.09. The van der Waals surface area contributed by atoms with E-state index < -0.39 is 28.1 Å². The van der Waals surface area contributed by atoms with E-state index in [0.717, 1.165) is 41.8 Å². The second kappa shape index (κ2) is 7.90. The molecule has 1 heterocycles. The maximum atomic E-state index is 14.2. The van der Waals surface area contributed by atoms with Crippen LogP contribution in [0.4, 0.5) is 18.0 Å². The average molecular weight is 476 g/mol. The Hall–Kier alpha value is -2.28.